The fraction of sp³-hybridized carbons (Fsp3) is 0.591. The molecule has 1 aromatic rings. The normalized spacial score (nSPS) is 10.4. The van der Waals surface area contributed by atoms with Crippen molar-refractivity contribution in [2.45, 2.75) is 66.2 Å². The third-order valence-electron chi connectivity index (χ3n) is 4.19. The van der Waals surface area contributed by atoms with Gasteiger partial charge in [-0.05, 0) is 102 Å². The molecule has 0 radical (unpaired) electrons. The van der Waals surface area contributed by atoms with E-state index < -0.39 is 0 Å². The van der Waals surface area contributed by atoms with E-state index in [0.29, 0.717) is 30.6 Å². The Bertz CT molecular complexity index is 685. The van der Waals surface area contributed by atoms with Gasteiger partial charge in [0.05, 0.1) is 20.7 Å². The quantitative estimate of drug-likeness (QED) is 0.134. The summed E-state index contributed by atoms with van der Waals surface area (Å²) in [6.07, 6.45) is 7.76. The number of benzene rings is 1. The van der Waals surface area contributed by atoms with Crippen molar-refractivity contribution in [2.75, 3.05) is 19.8 Å². The van der Waals surface area contributed by atoms with Gasteiger partial charge >= 0.3 is 0 Å². The van der Waals surface area contributed by atoms with Crippen LogP contribution < -0.4 is 9.47 Å². The van der Waals surface area contributed by atoms with Gasteiger partial charge in [-0.1, -0.05) is 30.6 Å². The molecule has 0 aliphatic carbocycles. The number of rotatable bonds is 14. The summed E-state index contributed by atoms with van der Waals surface area (Å²) in [7, 11) is 0. The van der Waals surface area contributed by atoms with Crippen LogP contribution in [0.25, 0.3) is 0 Å². The first-order chi connectivity index (χ1) is 13.9. The van der Waals surface area contributed by atoms with Gasteiger partial charge in [0.15, 0.2) is 0 Å². The smallest absolute Gasteiger partial charge is 0.139 e. The molecule has 164 valence electrons. The number of unbranched alkanes of at least 4 members (excludes halogenated alkanes) is 3. The first kappa shape index (κ1) is 26.3. The molecule has 0 aliphatic rings. The second-order valence-electron chi connectivity index (χ2n) is 6.80. The summed E-state index contributed by atoms with van der Waals surface area (Å²) < 4.78 is 12.9. The van der Waals surface area contributed by atoms with Gasteiger partial charge in [0.2, 0.25) is 0 Å². The second kappa shape index (κ2) is 15.1. The van der Waals surface area contributed by atoms with Crippen LogP contribution in [0.4, 0.5) is 0 Å². The third kappa shape index (κ3) is 10.2. The van der Waals surface area contributed by atoms with Crippen LogP contribution in [0.5, 0.6) is 11.5 Å². The highest BCUT2D eigenvalue weighted by molar-refractivity contribution is 9.28. The Balaban J connectivity index is 2.60. The van der Waals surface area contributed by atoms with E-state index >= 15 is 0 Å². The predicted octanol–water partition coefficient (Wildman–Crippen LogP) is 7.83. The molecular formula is C22H32Br2ClNO3. The summed E-state index contributed by atoms with van der Waals surface area (Å²) in [5.41, 5.74) is 3.09. The van der Waals surface area contributed by atoms with E-state index in [1.807, 2.05) is 26.0 Å². The van der Waals surface area contributed by atoms with Gasteiger partial charge in [-0.15, -0.1) is 0 Å². The van der Waals surface area contributed by atoms with Gasteiger partial charge in [0, 0.05) is 5.56 Å². The van der Waals surface area contributed by atoms with Crippen molar-refractivity contribution < 1.29 is 14.3 Å². The molecule has 0 amide bonds. The minimum Gasteiger partial charge on any atom is -0.493 e. The van der Waals surface area contributed by atoms with Crippen molar-refractivity contribution in [3.8, 4) is 11.5 Å². The highest BCUT2D eigenvalue weighted by Crippen LogP contribution is 2.39. The maximum absolute atomic E-state index is 6.62. The molecule has 0 heterocycles. The van der Waals surface area contributed by atoms with Crippen LogP contribution in [0.2, 0.25) is 5.02 Å². The Morgan fingerprint density at radius 1 is 1.03 bits per heavy atom. The molecule has 1 rings (SSSR count). The van der Waals surface area contributed by atoms with Gasteiger partial charge in [-0.25, -0.2) is 0 Å². The standard InChI is InChI=1S/C22H32Br2ClNO3/c1-5-17-15-19(27-14-11-20(23)24)21(25)18(6-2)22(17)28-12-9-7-8-10-13-29-26-16(3)4/h11,15H,5-10,12-14H2,1-4H3. The van der Waals surface area contributed by atoms with Gasteiger partial charge < -0.3 is 14.3 Å². The van der Waals surface area contributed by atoms with Gasteiger partial charge in [-0.2, -0.15) is 0 Å². The Kier molecular flexibility index (Phi) is 13.7. The van der Waals surface area contributed by atoms with E-state index in [2.05, 4.69) is 50.9 Å². The molecule has 0 unspecified atom stereocenters. The zero-order valence-electron chi connectivity index (χ0n) is 17.8. The topological polar surface area (TPSA) is 40.0 Å². The molecule has 0 aromatic heterocycles. The largest absolute Gasteiger partial charge is 0.493 e. The third-order valence-corrected chi connectivity index (χ3v) is 5.25. The lowest BCUT2D eigenvalue weighted by molar-refractivity contribution is 0.139. The van der Waals surface area contributed by atoms with Crippen molar-refractivity contribution in [1.82, 2.24) is 0 Å². The zero-order valence-corrected chi connectivity index (χ0v) is 21.8. The minimum atomic E-state index is 0.435. The summed E-state index contributed by atoms with van der Waals surface area (Å²) in [6, 6.07) is 2.00. The van der Waals surface area contributed by atoms with E-state index in [9.17, 15) is 0 Å². The van der Waals surface area contributed by atoms with Crippen molar-refractivity contribution >= 4 is 49.2 Å². The number of hydrogen-bond donors (Lipinski definition) is 0. The second-order valence-corrected chi connectivity index (χ2v) is 9.95. The van der Waals surface area contributed by atoms with Crippen LogP contribution in [0.15, 0.2) is 20.7 Å². The zero-order chi connectivity index (χ0) is 21.6. The number of aryl methyl sites for hydroxylation is 1. The van der Waals surface area contributed by atoms with Crippen molar-refractivity contribution in [1.29, 1.82) is 0 Å². The molecule has 0 saturated heterocycles. The molecule has 0 atom stereocenters. The fourth-order valence-corrected chi connectivity index (χ4v) is 3.35. The van der Waals surface area contributed by atoms with Gasteiger partial charge in [0.25, 0.3) is 0 Å². The molecule has 0 aliphatic heterocycles. The summed E-state index contributed by atoms with van der Waals surface area (Å²) >= 11 is 13.3. The van der Waals surface area contributed by atoms with E-state index in [1.165, 1.54) is 0 Å². The lowest BCUT2D eigenvalue weighted by Gasteiger charge is -2.19. The Morgan fingerprint density at radius 3 is 2.31 bits per heavy atom. The molecule has 29 heavy (non-hydrogen) atoms. The average molecular weight is 554 g/mol. The van der Waals surface area contributed by atoms with E-state index in [0.717, 1.165) is 64.5 Å². The average Bonchev–Trinajstić information content (AvgIpc) is 2.67. The number of halogens is 3. The highest BCUT2D eigenvalue weighted by Gasteiger charge is 2.17. The number of hydrogen-bond acceptors (Lipinski definition) is 4. The molecule has 0 N–H and O–H groups in total. The lowest BCUT2D eigenvalue weighted by Crippen LogP contribution is -2.06. The van der Waals surface area contributed by atoms with Crippen LogP contribution in [-0.4, -0.2) is 25.5 Å². The first-order valence-electron chi connectivity index (χ1n) is 10.1. The SMILES string of the molecule is CCc1cc(OCC=C(Br)Br)c(Cl)c(CC)c1OCCCCCCON=C(C)C. The molecule has 7 heteroatoms. The van der Waals surface area contributed by atoms with E-state index in [4.69, 9.17) is 25.9 Å². The van der Waals surface area contributed by atoms with Crippen molar-refractivity contribution in [3.05, 3.63) is 31.7 Å². The maximum atomic E-state index is 6.62. The molecular weight excluding hydrogens is 522 g/mol. The Labute approximate surface area is 197 Å². The van der Waals surface area contributed by atoms with E-state index in [-0.39, 0.29) is 0 Å². The number of nitrogens with zero attached hydrogens (tertiary/aromatic N) is 1. The summed E-state index contributed by atoms with van der Waals surface area (Å²) in [4.78, 5) is 5.22. The van der Waals surface area contributed by atoms with Crippen LogP contribution in [-0.2, 0) is 17.7 Å². The Hall–Kier alpha value is -0.720. The number of oxime groups is 1. The van der Waals surface area contributed by atoms with Gasteiger partial charge in [-0.3, -0.25) is 0 Å². The van der Waals surface area contributed by atoms with Crippen molar-refractivity contribution in [2.24, 2.45) is 5.16 Å². The highest BCUT2D eigenvalue weighted by atomic mass is 79.9. The van der Waals surface area contributed by atoms with E-state index in [1.54, 1.807) is 0 Å². The van der Waals surface area contributed by atoms with Crippen LogP contribution in [0, 0.1) is 0 Å². The summed E-state index contributed by atoms with van der Waals surface area (Å²) in [5, 5.41) is 4.58. The fourth-order valence-electron chi connectivity index (χ4n) is 2.76. The lowest BCUT2D eigenvalue weighted by atomic mass is 10.0. The molecule has 0 saturated carbocycles. The first-order valence-corrected chi connectivity index (χ1v) is 12.1. The molecule has 0 bridgehead atoms. The molecule has 1 aromatic carbocycles. The maximum Gasteiger partial charge on any atom is 0.139 e. The molecule has 4 nitrogen and oxygen atoms in total. The number of ether oxygens (including phenoxy) is 2. The predicted molar refractivity (Wildman–Crippen MR) is 130 cm³/mol. The Morgan fingerprint density at radius 2 is 1.72 bits per heavy atom. The van der Waals surface area contributed by atoms with Crippen LogP contribution in [0.3, 0.4) is 0 Å². The van der Waals surface area contributed by atoms with Gasteiger partial charge in [0.1, 0.15) is 24.7 Å². The van der Waals surface area contributed by atoms with Crippen LogP contribution >= 0.6 is 43.5 Å². The summed E-state index contributed by atoms with van der Waals surface area (Å²) in [6.45, 7) is 9.85. The van der Waals surface area contributed by atoms with Crippen LogP contribution in [0.1, 0.15) is 64.5 Å². The minimum absolute atomic E-state index is 0.435. The molecule has 0 fully saturated rings. The summed E-state index contributed by atoms with van der Waals surface area (Å²) in [5.74, 6) is 1.62. The monoisotopic (exact) mass is 551 g/mol. The van der Waals surface area contributed by atoms with Crippen molar-refractivity contribution in [3.63, 3.8) is 0 Å². The molecule has 0 spiro atoms.